The molecule has 1 aromatic heterocycles. The van der Waals surface area contributed by atoms with Crippen LogP contribution in [0.3, 0.4) is 0 Å². The van der Waals surface area contributed by atoms with Gasteiger partial charge in [0.1, 0.15) is 11.5 Å². The third-order valence-electron chi connectivity index (χ3n) is 7.17. The van der Waals surface area contributed by atoms with Crippen molar-refractivity contribution < 1.29 is 14.3 Å². The lowest BCUT2D eigenvalue weighted by Gasteiger charge is -2.50. The van der Waals surface area contributed by atoms with Crippen molar-refractivity contribution in [2.45, 2.75) is 31.8 Å². The standard InChI is InChI=1S/C27H29N3O3/c1-20(31)24-12-13-25-27(28(2)18-19-30(24)25)14-16-29(17-15-27)26(32)21-8-10-23(11-9-21)33-22-6-4-3-5-7-22/h3-13H,14-19H2,1-2H3. The van der Waals surface area contributed by atoms with E-state index in [0.29, 0.717) is 24.4 Å². The van der Waals surface area contributed by atoms with Gasteiger partial charge in [0.2, 0.25) is 0 Å². The molecule has 33 heavy (non-hydrogen) atoms. The van der Waals surface area contributed by atoms with Crippen LogP contribution in [-0.2, 0) is 12.1 Å². The van der Waals surface area contributed by atoms with E-state index < -0.39 is 0 Å². The van der Waals surface area contributed by atoms with Crippen molar-refractivity contribution >= 4 is 11.7 Å². The van der Waals surface area contributed by atoms with Crippen LogP contribution in [0, 0.1) is 0 Å². The van der Waals surface area contributed by atoms with Crippen LogP contribution in [0.4, 0.5) is 0 Å². The maximum Gasteiger partial charge on any atom is 0.253 e. The fourth-order valence-corrected chi connectivity index (χ4v) is 5.27. The van der Waals surface area contributed by atoms with E-state index in [4.69, 9.17) is 4.74 Å². The lowest BCUT2D eigenvalue weighted by Crippen LogP contribution is -2.56. The van der Waals surface area contributed by atoms with E-state index in [1.54, 1.807) is 6.92 Å². The van der Waals surface area contributed by atoms with Gasteiger partial charge in [0.25, 0.3) is 5.91 Å². The highest BCUT2D eigenvalue weighted by atomic mass is 16.5. The molecule has 1 spiro atoms. The summed E-state index contributed by atoms with van der Waals surface area (Å²) in [7, 11) is 2.16. The molecular weight excluding hydrogens is 414 g/mol. The zero-order chi connectivity index (χ0) is 23.0. The Morgan fingerprint density at radius 3 is 2.15 bits per heavy atom. The van der Waals surface area contributed by atoms with E-state index in [0.717, 1.165) is 37.4 Å². The number of piperidine rings is 1. The Kier molecular flexibility index (Phi) is 5.54. The fraction of sp³-hybridized carbons (Fsp3) is 0.333. The number of fused-ring (bicyclic) bond motifs is 2. The zero-order valence-corrected chi connectivity index (χ0v) is 19.2. The van der Waals surface area contributed by atoms with Crippen LogP contribution in [0.2, 0.25) is 0 Å². The molecule has 2 aliphatic heterocycles. The van der Waals surface area contributed by atoms with Crippen LogP contribution in [0.15, 0.2) is 66.7 Å². The average molecular weight is 444 g/mol. The number of carbonyl (C=O) groups is 2. The van der Waals surface area contributed by atoms with Crippen molar-refractivity contribution in [3.8, 4) is 11.5 Å². The van der Waals surface area contributed by atoms with E-state index in [1.807, 2.05) is 65.6 Å². The molecule has 0 radical (unpaired) electrons. The Balaban J connectivity index is 1.28. The van der Waals surface area contributed by atoms with Gasteiger partial charge in [-0.3, -0.25) is 14.5 Å². The van der Waals surface area contributed by atoms with Crippen molar-refractivity contribution in [3.05, 3.63) is 83.7 Å². The predicted octanol–water partition coefficient (Wildman–Crippen LogP) is 4.56. The molecule has 0 bridgehead atoms. The first kappa shape index (κ1) is 21.5. The Labute approximate surface area is 194 Å². The number of likely N-dealkylation sites (tertiary alicyclic amines) is 1. The SMILES string of the molecule is CC(=O)c1ccc2n1CCN(C)C21CCN(C(=O)c2ccc(Oc3ccccc3)cc2)CC1. The topological polar surface area (TPSA) is 54.8 Å². The van der Waals surface area contributed by atoms with Crippen LogP contribution < -0.4 is 4.74 Å². The Morgan fingerprint density at radius 1 is 0.818 bits per heavy atom. The maximum atomic E-state index is 13.2. The largest absolute Gasteiger partial charge is 0.457 e. The van der Waals surface area contributed by atoms with Gasteiger partial charge in [0, 0.05) is 44.4 Å². The number of ether oxygens (including phenoxy) is 1. The van der Waals surface area contributed by atoms with Gasteiger partial charge >= 0.3 is 0 Å². The van der Waals surface area contributed by atoms with Gasteiger partial charge in [0.15, 0.2) is 5.78 Å². The molecule has 0 saturated carbocycles. The van der Waals surface area contributed by atoms with Crippen LogP contribution >= 0.6 is 0 Å². The molecule has 1 fully saturated rings. The van der Waals surface area contributed by atoms with Crippen molar-refractivity contribution in [2.24, 2.45) is 0 Å². The Morgan fingerprint density at radius 2 is 1.48 bits per heavy atom. The minimum Gasteiger partial charge on any atom is -0.457 e. The molecule has 0 unspecified atom stereocenters. The molecule has 1 saturated heterocycles. The number of amides is 1. The minimum absolute atomic E-state index is 0.0504. The van der Waals surface area contributed by atoms with E-state index in [9.17, 15) is 9.59 Å². The van der Waals surface area contributed by atoms with Crippen LogP contribution in [-0.4, -0.2) is 52.7 Å². The highest BCUT2D eigenvalue weighted by molar-refractivity contribution is 5.94. The summed E-state index contributed by atoms with van der Waals surface area (Å²) in [6, 6.07) is 21.0. The second-order valence-electron chi connectivity index (χ2n) is 9.00. The monoisotopic (exact) mass is 443 g/mol. The first-order valence-electron chi connectivity index (χ1n) is 11.5. The minimum atomic E-state index is -0.129. The third kappa shape index (κ3) is 3.85. The summed E-state index contributed by atoms with van der Waals surface area (Å²) in [5.74, 6) is 1.64. The number of Topliss-reactive ketones (excluding diaryl/α,β-unsaturated/α-hetero) is 1. The Hall–Kier alpha value is -3.38. The molecule has 0 atom stereocenters. The van der Waals surface area contributed by atoms with Crippen LogP contribution in [0.25, 0.3) is 0 Å². The lowest BCUT2D eigenvalue weighted by molar-refractivity contribution is 0.0128. The molecule has 2 aliphatic rings. The lowest BCUT2D eigenvalue weighted by atomic mass is 9.81. The number of hydrogen-bond donors (Lipinski definition) is 0. The first-order valence-corrected chi connectivity index (χ1v) is 11.5. The molecule has 5 rings (SSSR count). The van der Waals surface area contributed by atoms with Gasteiger partial charge in [-0.25, -0.2) is 0 Å². The number of hydrogen-bond acceptors (Lipinski definition) is 4. The smallest absolute Gasteiger partial charge is 0.253 e. The highest BCUT2D eigenvalue weighted by Crippen LogP contribution is 2.41. The number of para-hydroxylation sites is 1. The molecular formula is C27H29N3O3. The summed E-state index contributed by atoms with van der Waals surface area (Å²) in [6.07, 6.45) is 1.71. The molecule has 0 N–H and O–H groups in total. The summed E-state index contributed by atoms with van der Waals surface area (Å²) in [4.78, 5) is 29.6. The van der Waals surface area contributed by atoms with Crippen molar-refractivity contribution in [2.75, 3.05) is 26.7 Å². The molecule has 6 nitrogen and oxygen atoms in total. The van der Waals surface area contributed by atoms with Gasteiger partial charge < -0.3 is 14.2 Å². The number of likely N-dealkylation sites (N-methyl/N-ethyl adjacent to an activating group) is 1. The highest BCUT2D eigenvalue weighted by Gasteiger charge is 2.45. The van der Waals surface area contributed by atoms with E-state index in [-0.39, 0.29) is 17.2 Å². The predicted molar refractivity (Wildman–Crippen MR) is 127 cm³/mol. The number of aromatic nitrogens is 1. The van der Waals surface area contributed by atoms with E-state index in [2.05, 4.69) is 22.6 Å². The average Bonchev–Trinajstić information content (AvgIpc) is 3.28. The maximum absolute atomic E-state index is 13.2. The zero-order valence-electron chi connectivity index (χ0n) is 19.2. The summed E-state index contributed by atoms with van der Waals surface area (Å²) in [5.41, 5.74) is 2.53. The van der Waals surface area contributed by atoms with Crippen molar-refractivity contribution in [1.29, 1.82) is 0 Å². The normalized spacial score (nSPS) is 17.6. The fourth-order valence-electron chi connectivity index (χ4n) is 5.27. The first-order chi connectivity index (χ1) is 16.0. The van der Waals surface area contributed by atoms with Gasteiger partial charge in [-0.05, 0) is 68.4 Å². The molecule has 3 heterocycles. The molecule has 3 aromatic rings. The second-order valence-corrected chi connectivity index (χ2v) is 9.00. The molecule has 2 aromatic carbocycles. The summed E-state index contributed by atoms with van der Waals surface area (Å²) in [5, 5.41) is 0. The van der Waals surface area contributed by atoms with Gasteiger partial charge in [-0.1, -0.05) is 18.2 Å². The summed E-state index contributed by atoms with van der Waals surface area (Å²) >= 11 is 0. The van der Waals surface area contributed by atoms with Gasteiger partial charge in [-0.2, -0.15) is 0 Å². The molecule has 6 heteroatoms. The number of benzene rings is 2. The van der Waals surface area contributed by atoms with Gasteiger partial charge in [0.05, 0.1) is 11.2 Å². The van der Waals surface area contributed by atoms with Crippen molar-refractivity contribution in [1.82, 2.24) is 14.4 Å². The number of carbonyl (C=O) groups excluding carboxylic acids is 2. The molecule has 170 valence electrons. The molecule has 1 amide bonds. The number of rotatable bonds is 4. The van der Waals surface area contributed by atoms with E-state index >= 15 is 0 Å². The van der Waals surface area contributed by atoms with Crippen LogP contribution in [0.5, 0.6) is 11.5 Å². The molecule has 0 aliphatic carbocycles. The number of ketones is 1. The van der Waals surface area contributed by atoms with E-state index in [1.165, 1.54) is 5.69 Å². The summed E-state index contributed by atoms with van der Waals surface area (Å²) in [6.45, 7) is 4.73. The van der Waals surface area contributed by atoms with Crippen molar-refractivity contribution in [3.63, 3.8) is 0 Å². The quantitative estimate of drug-likeness (QED) is 0.555. The third-order valence-corrected chi connectivity index (χ3v) is 7.17. The van der Waals surface area contributed by atoms with Crippen LogP contribution in [0.1, 0.15) is 46.3 Å². The second kappa shape index (κ2) is 8.52. The summed E-state index contributed by atoms with van der Waals surface area (Å²) < 4.78 is 8.03. The number of nitrogens with zero attached hydrogens (tertiary/aromatic N) is 3. The van der Waals surface area contributed by atoms with Gasteiger partial charge in [-0.15, -0.1) is 0 Å². The Bertz CT molecular complexity index is 1160.